The first-order chi connectivity index (χ1) is 10.1. The minimum Gasteiger partial charge on any atom is -0.375 e. The lowest BCUT2D eigenvalue weighted by Gasteiger charge is -2.08. The zero-order valence-corrected chi connectivity index (χ0v) is 12.7. The number of rotatable bonds is 7. The summed E-state index contributed by atoms with van der Waals surface area (Å²) in [6, 6.07) is 11.4. The summed E-state index contributed by atoms with van der Waals surface area (Å²) in [5.41, 5.74) is 1.94. The first kappa shape index (κ1) is 15.5. The highest BCUT2D eigenvalue weighted by molar-refractivity contribution is 6.29. The molecule has 2 rings (SSSR count). The summed E-state index contributed by atoms with van der Waals surface area (Å²) in [5, 5.41) is 3.59. The smallest absolute Gasteiger partial charge is 0.163 e. The van der Waals surface area contributed by atoms with Crippen LogP contribution in [-0.4, -0.2) is 29.7 Å². The highest BCUT2D eigenvalue weighted by Crippen LogP contribution is 2.19. The molecule has 0 radical (unpaired) electrons. The lowest BCUT2D eigenvalue weighted by Crippen LogP contribution is -2.11. The van der Waals surface area contributed by atoms with Crippen molar-refractivity contribution in [1.82, 2.24) is 9.97 Å². The van der Waals surface area contributed by atoms with E-state index in [1.54, 1.807) is 6.07 Å². The average Bonchev–Trinajstić information content (AvgIpc) is 2.47. The van der Waals surface area contributed by atoms with Gasteiger partial charge in [0.2, 0.25) is 0 Å². The molecule has 0 aliphatic carbocycles. The van der Waals surface area contributed by atoms with Crippen LogP contribution < -0.4 is 5.32 Å². The van der Waals surface area contributed by atoms with Gasteiger partial charge in [0.25, 0.3) is 0 Å². The van der Waals surface area contributed by atoms with Crippen LogP contribution in [-0.2, 0) is 4.74 Å². The number of hydrogen-bond acceptors (Lipinski definition) is 4. The van der Waals surface area contributed by atoms with Crippen molar-refractivity contribution >= 4 is 17.4 Å². The number of nitrogens with zero attached hydrogens (tertiary/aromatic N) is 2. The molecule has 0 unspecified atom stereocenters. The molecule has 4 nitrogen and oxygen atoms in total. The van der Waals surface area contributed by atoms with Gasteiger partial charge in [-0.2, -0.15) is 0 Å². The van der Waals surface area contributed by atoms with Crippen LogP contribution in [0.25, 0.3) is 11.4 Å². The normalized spacial score (nSPS) is 10.4. The minimum absolute atomic E-state index is 0.411. The molecule has 5 heteroatoms. The summed E-state index contributed by atoms with van der Waals surface area (Å²) < 4.78 is 5.42. The van der Waals surface area contributed by atoms with Crippen molar-refractivity contribution < 1.29 is 4.74 Å². The van der Waals surface area contributed by atoms with Crippen molar-refractivity contribution in [3.8, 4) is 11.4 Å². The van der Waals surface area contributed by atoms with Gasteiger partial charge in [-0.3, -0.25) is 0 Å². The Balaban J connectivity index is 1.98. The molecule has 0 saturated heterocycles. The summed E-state index contributed by atoms with van der Waals surface area (Å²) in [7, 11) is 0. The molecule has 1 heterocycles. The van der Waals surface area contributed by atoms with Gasteiger partial charge >= 0.3 is 0 Å². The Morgan fingerprint density at radius 2 is 2.05 bits per heavy atom. The number of benzene rings is 1. The van der Waals surface area contributed by atoms with Crippen LogP contribution in [0.3, 0.4) is 0 Å². The number of aromatic nitrogens is 2. The van der Waals surface area contributed by atoms with E-state index in [9.17, 15) is 0 Å². The molecule has 0 fully saturated rings. The van der Waals surface area contributed by atoms with Crippen LogP contribution in [0.4, 0.5) is 5.82 Å². The van der Waals surface area contributed by atoms with Crippen LogP contribution in [0.1, 0.15) is 6.92 Å². The monoisotopic (exact) mass is 303 g/mol. The van der Waals surface area contributed by atoms with E-state index in [1.165, 1.54) is 0 Å². The number of hydrogen-bond donors (Lipinski definition) is 1. The van der Waals surface area contributed by atoms with Crippen LogP contribution in [0.2, 0.25) is 5.15 Å². The second-order valence-corrected chi connectivity index (χ2v) is 5.09. The third-order valence-electron chi connectivity index (χ3n) is 2.63. The highest BCUT2D eigenvalue weighted by Gasteiger charge is 2.05. The second-order valence-electron chi connectivity index (χ2n) is 4.70. The molecule has 0 aliphatic rings. The summed E-state index contributed by atoms with van der Waals surface area (Å²) in [6.45, 7) is 7.52. The third-order valence-corrected chi connectivity index (χ3v) is 2.82. The van der Waals surface area contributed by atoms with Gasteiger partial charge in [0, 0.05) is 18.2 Å². The van der Waals surface area contributed by atoms with Crippen LogP contribution in [0.15, 0.2) is 48.6 Å². The molecular weight excluding hydrogens is 286 g/mol. The predicted octanol–water partition coefficient (Wildman–Crippen LogP) is 3.80. The zero-order chi connectivity index (χ0) is 15.1. The van der Waals surface area contributed by atoms with Gasteiger partial charge in [0.05, 0.1) is 13.2 Å². The molecule has 21 heavy (non-hydrogen) atoms. The number of ether oxygens (including phenoxy) is 1. The molecule has 1 aromatic carbocycles. The minimum atomic E-state index is 0.411. The van der Waals surface area contributed by atoms with Gasteiger partial charge in [-0.1, -0.05) is 54.1 Å². The van der Waals surface area contributed by atoms with Crippen molar-refractivity contribution in [3.05, 3.63) is 53.7 Å². The molecule has 110 valence electrons. The Morgan fingerprint density at radius 3 is 2.76 bits per heavy atom. The largest absolute Gasteiger partial charge is 0.375 e. The summed E-state index contributed by atoms with van der Waals surface area (Å²) in [4.78, 5) is 8.70. The van der Waals surface area contributed by atoms with Gasteiger partial charge in [-0.05, 0) is 6.92 Å². The Morgan fingerprint density at radius 1 is 1.29 bits per heavy atom. The molecular formula is C16H18ClN3O. The molecule has 0 amide bonds. The van der Waals surface area contributed by atoms with Crippen molar-refractivity contribution in [2.24, 2.45) is 0 Å². The summed E-state index contributed by atoms with van der Waals surface area (Å²) in [5.74, 6) is 1.29. The van der Waals surface area contributed by atoms with E-state index in [2.05, 4.69) is 21.9 Å². The second kappa shape index (κ2) is 7.76. The molecule has 1 N–H and O–H groups in total. The van der Waals surface area contributed by atoms with E-state index >= 15 is 0 Å². The summed E-state index contributed by atoms with van der Waals surface area (Å²) in [6.07, 6.45) is 0. The predicted molar refractivity (Wildman–Crippen MR) is 86.6 cm³/mol. The maximum Gasteiger partial charge on any atom is 0.163 e. The van der Waals surface area contributed by atoms with Gasteiger partial charge in [-0.25, -0.2) is 9.97 Å². The zero-order valence-electron chi connectivity index (χ0n) is 12.0. The molecule has 2 aromatic rings. The Bertz CT molecular complexity index is 602. The van der Waals surface area contributed by atoms with Gasteiger partial charge < -0.3 is 10.1 Å². The molecule has 0 atom stereocenters. The van der Waals surface area contributed by atoms with Crippen molar-refractivity contribution in [1.29, 1.82) is 0 Å². The first-order valence-electron chi connectivity index (χ1n) is 6.71. The average molecular weight is 304 g/mol. The number of anilines is 1. The summed E-state index contributed by atoms with van der Waals surface area (Å²) >= 11 is 6.05. The number of halogens is 1. The fourth-order valence-electron chi connectivity index (χ4n) is 1.72. The standard InChI is InChI=1S/C16H18ClN3O/c1-12(2)11-21-9-8-18-15-10-14(17)19-16(20-15)13-6-4-3-5-7-13/h3-7,10H,1,8-9,11H2,2H3,(H,18,19,20). The quantitative estimate of drug-likeness (QED) is 0.480. The van der Waals surface area contributed by atoms with Crippen LogP contribution >= 0.6 is 11.6 Å². The van der Waals surface area contributed by atoms with Crippen molar-refractivity contribution in [2.75, 3.05) is 25.1 Å². The SMILES string of the molecule is C=C(C)COCCNc1cc(Cl)nc(-c2ccccc2)n1. The van der Waals surface area contributed by atoms with Crippen LogP contribution in [0, 0.1) is 0 Å². The van der Waals surface area contributed by atoms with Crippen molar-refractivity contribution in [3.63, 3.8) is 0 Å². The molecule has 1 aromatic heterocycles. The van der Waals surface area contributed by atoms with Crippen molar-refractivity contribution in [2.45, 2.75) is 6.92 Å². The number of nitrogens with one attached hydrogen (secondary N) is 1. The van der Waals surface area contributed by atoms with Crippen LogP contribution in [0.5, 0.6) is 0 Å². The Labute approximate surface area is 129 Å². The van der Waals surface area contributed by atoms with E-state index in [0.29, 0.717) is 36.6 Å². The van der Waals surface area contributed by atoms with E-state index in [1.807, 2.05) is 37.3 Å². The lowest BCUT2D eigenvalue weighted by atomic mass is 10.2. The van der Waals surface area contributed by atoms with E-state index in [-0.39, 0.29) is 0 Å². The molecule has 0 bridgehead atoms. The van der Waals surface area contributed by atoms with E-state index in [4.69, 9.17) is 16.3 Å². The highest BCUT2D eigenvalue weighted by atomic mass is 35.5. The van der Waals surface area contributed by atoms with Gasteiger partial charge in [-0.15, -0.1) is 0 Å². The van der Waals surface area contributed by atoms with E-state index in [0.717, 1.165) is 11.1 Å². The fraction of sp³-hybridized carbons (Fsp3) is 0.250. The molecule has 0 aliphatic heterocycles. The van der Waals surface area contributed by atoms with E-state index < -0.39 is 0 Å². The lowest BCUT2D eigenvalue weighted by molar-refractivity contribution is 0.167. The first-order valence-corrected chi connectivity index (χ1v) is 7.09. The maximum atomic E-state index is 6.05. The topological polar surface area (TPSA) is 47.0 Å². The van der Waals surface area contributed by atoms with Gasteiger partial charge in [0.1, 0.15) is 11.0 Å². The maximum absolute atomic E-state index is 6.05. The molecule has 0 saturated carbocycles. The third kappa shape index (κ3) is 5.17. The fourth-order valence-corrected chi connectivity index (χ4v) is 1.91. The molecule has 0 spiro atoms. The Kier molecular flexibility index (Phi) is 5.72. The Hall–Kier alpha value is -1.91. The van der Waals surface area contributed by atoms with Gasteiger partial charge in [0.15, 0.2) is 5.82 Å².